The number of sulfonamides is 1. The van der Waals surface area contributed by atoms with Gasteiger partial charge in [-0.25, -0.2) is 17.7 Å². The highest BCUT2D eigenvalue weighted by atomic mass is 32.2. The van der Waals surface area contributed by atoms with E-state index in [9.17, 15) is 13.2 Å². The van der Waals surface area contributed by atoms with Crippen LogP contribution in [0.1, 0.15) is 23.2 Å². The molecule has 0 aliphatic carbocycles. The topological polar surface area (TPSA) is 79.8 Å². The highest BCUT2D eigenvalue weighted by molar-refractivity contribution is 7.99. The summed E-state index contributed by atoms with van der Waals surface area (Å²) in [5.74, 6) is 1.35. The van der Waals surface area contributed by atoms with Gasteiger partial charge in [0.2, 0.25) is 10.0 Å². The van der Waals surface area contributed by atoms with Gasteiger partial charge in [-0.1, -0.05) is 0 Å². The lowest BCUT2D eigenvalue weighted by atomic mass is 10.2. The molecule has 7 nitrogen and oxygen atoms in total. The van der Waals surface area contributed by atoms with E-state index in [1.54, 1.807) is 30.1 Å². The molecule has 1 aliphatic heterocycles. The van der Waals surface area contributed by atoms with Crippen LogP contribution in [0.3, 0.4) is 0 Å². The summed E-state index contributed by atoms with van der Waals surface area (Å²) in [4.78, 5) is 18.8. The lowest BCUT2D eigenvalue weighted by Crippen LogP contribution is -2.27. The van der Waals surface area contributed by atoms with Gasteiger partial charge in [0, 0.05) is 39.1 Å². The number of amides is 1. The zero-order valence-electron chi connectivity index (χ0n) is 16.6. The van der Waals surface area contributed by atoms with Crippen molar-refractivity contribution in [2.45, 2.75) is 22.8 Å². The summed E-state index contributed by atoms with van der Waals surface area (Å²) in [6.07, 6.45) is 3.77. The van der Waals surface area contributed by atoms with Crippen LogP contribution in [0.15, 0.2) is 52.5 Å². The van der Waals surface area contributed by atoms with Crippen molar-refractivity contribution in [3.05, 3.63) is 48.2 Å². The summed E-state index contributed by atoms with van der Waals surface area (Å²) < 4.78 is 30.9. The molecule has 2 aromatic rings. The van der Waals surface area contributed by atoms with E-state index in [0.29, 0.717) is 23.7 Å². The van der Waals surface area contributed by atoms with E-state index in [2.05, 4.69) is 4.98 Å². The second kappa shape index (κ2) is 9.60. The minimum atomic E-state index is -3.43. The lowest BCUT2D eigenvalue weighted by molar-refractivity contribution is 0.0792. The van der Waals surface area contributed by atoms with Gasteiger partial charge in [0.05, 0.1) is 22.1 Å². The van der Waals surface area contributed by atoms with E-state index in [1.165, 1.54) is 30.5 Å². The Balaban J connectivity index is 1.45. The number of hydrogen-bond donors (Lipinski definition) is 0. The maximum atomic E-state index is 12.3. The molecule has 0 radical (unpaired) electrons. The van der Waals surface area contributed by atoms with Crippen LogP contribution in [0, 0.1) is 0 Å². The molecule has 1 aromatic carbocycles. The molecular formula is C20H25N3O4S2. The van der Waals surface area contributed by atoms with Gasteiger partial charge in [-0.15, -0.1) is 11.8 Å². The Morgan fingerprint density at radius 2 is 1.83 bits per heavy atom. The van der Waals surface area contributed by atoms with Crippen molar-refractivity contribution in [1.82, 2.24) is 14.2 Å². The van der Waals surface area contributed by atoms with Crippen molar-refractivity contribution in [2.75, 3.05) is 39.5 Å². The standard InChI is InChI=1S/C20H25N3O4S2/c1-22(2)29(25,26)18-8-6-17(7-9-18)27-13-14-28-19-10-5-16(15-21-19)20(24)23-11-3-4-12-23/h5-10,15H,3-4,11-14H2,1-2H3. The number of pyridine rings is 1. The quantitative estimate of drug-likeness (QED) is 0.469. The summed E-state index contributed by atoms with van der Waals surface area (Å²) in [6.45, 7) is 2.12. The second-order valence-electron chi connectivity index (χ2n) is 6.84. The molecule has 1 amide bonds. The van der Waals surface area contributed by atoms with Crippen LogP contribution in [-0.2, 0) is 10.0 Å². The van der Waals surface area contributed by atoms with Gasteiger partial charge in [0.25, 0.3) is 5.91 Å². The zero-order chi connectivity index (χ0) is 20.9. The summed E-state index contributed by atoms with van der Waals surface area (Å²) >= 11 is 1.54. The number of hydrogen-bond acceptors (Lipinski definition) is 6. The molecule has 0 N–H and O–H groups in total. The van der Waals surface area contributed by atoms with E-state index in [-0.39, 0.29) is 10.8 Å². The van der Waals surface area contributed by atoms with Gasteiger partial charge in [0.1, 0.15) is 5.75 Å². The van der Waals surface area contributed by atoms with Crippen LogP contribution in [0.4, 0.5) is 0 Å². The normalized spacial score (nSPS) is 14.4. The number of carbonyl (C=O) groups excluding carboxylic acids is 1. The Hall–Kier alpha value is -2.10. The van der Waals surface area contributed by atoms with Crippen LogP contribution in [0.2, 0.25) is 0 Å². The van der Waals surface area contributed by atoms with Gasteiger partial charge in [-0.2, -0.15) is 0 Å². The van der Waals surface area contributed by atoms with Crippen molar-refractivity contribution >= 4 is 27.7 Å². The molecule has 1 aliphatic rings. The van der Waals surface area contributed by atoms with E-state index in [1.807, 2.05) is 17.0 Å². The Kier molecular flexibility index (Phi) is 7.15. The van der Waals surface area contributed by atoms with Gasteiger partial charge < -0.3 is 9.64 Å². The molecule has 2 heterocycles. The summed E-state index contributed by atoms with van der Waals surface area (Å²) in [7, 11) is -0.432. The van der Waals surface area contributed by atoms with Crippen LogP contribution >= 0.6 is 11.8 Å². The van der Waals surface area contributed by atoms with Crippen LogP contribution in [0.25, 0.3) is 0 Å². The van der Waals surface area contributed by atoms with Crippen molar-refractivity contribution in [1.29, 1.82) is 0 Å². The van der Waals surface area contributed by atoms with Crippen LogP contribution < -0.4 is 4.74 Å². The number of nitrogens with zero attached hydrogens (tertiary/aromatic N) is 3. The van der Waals surface area contributed by atoms with E-state index in [4.69, 9.17) is 4.74 Å². The fourth-order valence-electron chi connectivity index (χ4n) is 2.92. The van der Waals surface area contributed by atoms with Gasteiger partial charge >= 0.3 is 0 Å². The van der Waals surface area contributed by atoms with E-state index < -0.39 is 10.0 Å². The van der Waals surface area contributed by atoms with Gasteiger partial charge in [0.15, 0.2) is 0 Å². The molecule has 29 heavy (non-hydrogen) atoms. The fourth-order valence-corrected chi connectivity index (χ4v) is 4.49. The Morgan fingerprint density at radius 1 is 1.14 bits per heavy atom. The summed E-state index contributed by atoms with van der Waals surface area (Å²) in [5, 5.41) is 0.832. The zero-order valence-corrected chi connectivity index (χ0v) is 18.2. The molecule has 0 bridgehead atoms. The van der Waals surface area contributed by atoms with Crippen molar-refractivity contribution in [2.24, 2.45) is 0 Å². The average molecular weight is 436 g/mol. The minimum Gasteiger partial charge on any atom is -0.493 e. The number of rotatable bonds is 8. The summed E-state index contributed by atoms with van der Waals surface area (Å²) in [5.41, 5.74) is 0.625. The first-order valence-electron chi connectivity index (χ1n) is 9.41. The molecular weight excluding hydrogens is 410 g/mol. The maximum absolute atomic E-state index is 12.3. The molecule has 0 unspecified atom stereocenters. The number of benzene rings is 1. The molecule has 1 fully saturated rings. The van der Waals surface area contributed by atoms with Gasteiger partial charge in [-0.05, 0) is 49.2 Å². The Morgan fingerprint density at radius 3 is 2.41 bits per heavy atom. The Bertz CT molecular complexity index is 923. The third-order valence-electron chi connectivity index (χ3n) is 4.58. The molecule has 1 saturated heterocycles. The van der Waals surface area contributed by atoms with E-state index in [0.717, 1.165) is 31.0 Å². The molecule has 0 spiro atoms. The minimum absolute atomic E-state index is 0.0506. The smallest absolute Gasteiger partial charge is 0.255 e. The second-order valence-corrected chi connectivity index (χ2v) is 10.1. The predicted molar refractivity (Wildman–Crippen MR) is 113 cm³/mol. The highest BCUT2D eigenvalue weighted by Crippen LogP contribution is 2.20. The molecule has 0 atom stereocenters. The van der Waals surface area contributed by atoms with Crippen molar-refractivity contribution in [3.8, 4) is 5.75 Å². The van der Waals surface area contributed by atoms with Crippen molar-refractivity contribution < 1.29 is 17.9 Å². The summed E-state index contributed by atoms with van der Waals surface area (Å²) in [6, 6.07) is 10.1. The van der Waals surface area contributed by atoms with E-state index >= 15 is 0 Å². The number of likely N-dealkylation sites (tertiary alicyclic amines) is 1. The number of ether oxygens (including phenoxy) is 1. The predicted octanol–water partition coefficient (Wildman–Crippen LogP) is 2.74. The highest BCUT2D eigenvalue weighted by Gasteiger charge is 2.19. The first kappa shape index (κ1) is 21.6. The number of carbonyl (C=O) groups is 1. The SMILES string of the molecule is CN(C)S(=O)(=O)c1ccc(OCCSc2ccc(C(=O)N3CCCC3)cn2)cc1. The average Bonchev–Trinajstić information content (AvgIpc) is 3.26. The first-order valence-corrected chi connectivity index (χ1v) is 11.8. The molecule has 3 rings (SSSR count). The number of aromatic nitrogens is 1. The molecule has 1 aromatic heterocycles. The van der Waals surface area contributed by atoms with Crippen LogP contribution in [-0.4, -0.2) is 68.1 Å². The fraction of sp³-hybridized carbons (Fsp3) is 0.400. The Labute approximate surface area is 176 Å². The van der Waals surface area contributed by atoms with Crippen LogP contribution in [0.5, 0.6) is 5.75 Å². The molecule has 9 heteroatoms. The molecule has 0 saturated carbocycles. The third kappa shape index (κ3) is 5.49. The largest absolute Gasteiger partial charge is 0.493 e. The third-order valence-corrected chi connectivity index (χ3v) is 7.32. The van der Waals surface area contributed by atoms with Crippen molar-refractivity contribution in [3.63, 3.8) is 0 Å². The monoisotopic (exact) mass is 435 g/mol. The maximum Gasteiger partial charge on any atom is 0.255 e. The molecule has 156 valence electrons. The van der Waals surface area contributed by atoms with Gasteiger partial charge in [-0.3, -0.25) is 4.79 Å². The number of thioether (sulfide) groups is 1. The first-order chi connectivity index (χ1) is 13.9. The lowest BCUT2D eigenvalue weighted by Gasteiger charge is -2.14.